The van der Waals surface area contributed by atoms with E-state index in [4.69, 9.17) is 4.74 Å². The van der Waals surface area contributed by atoms with Crippen molar-refractivity contribution in [2.24, 2.45) is 0 Å². The minimum Gasteiger partial charge on any atom is -0.497 e. The first-order valence-corrected chi connectivity index (χ1v) is 6.96. The molecule has 2 aromatic rings. The van der Waals surface area contributed by atoms with Crippen LogP contribution in [-0.2, 0) is 0 Å². The van der Waals surface area contributed by atoms with E-state index in [1.54, 1.807) is 31.0 Å². The van der Waals surface area contributed by atoms with Crippen LogP contribution >= 0.6 is 11.8 Å². The number of carbonyl (C=O) groups is 1. The number of benzene rings is 2. The van der Waals surface area contributed by atoms with Crippen molar-refractivity contribution in [1.29, 1.82) is 0 Å². The fourth-order valence-electron chi connectivity index (χ4n) is 2.06. The number of thioether (sulfide) groups is 1. The molecule has 1 heterocycles. The van der Waals surface area contributed by atoms with Crippen molar-refractivity contribution in [3.8, 4) is 5.75 Å². The Morgan fingerprint density at radius 2 is 1.89 bits per heavy atom. The van der Waals surface area contributed by atoms with Gasteiger partial charge in [0.15, 0.2) is 0 Å². The van der Waals surface area contributed by atoms with Crippen LogP contribution in [0.4, 0.5) is 5.69 Å². The molecule has 0 saturated carbocycles. The van der Waals surface area contributed by atoms with E-state index in [2.05, 4.69) is 0 Å². The van der Waals surface area contributed by atoms with Crippen LogP contribution in [0.1, 0.15) is 10.4 Å². The number of hydrogen-bond acceptors (Lipinski definition) is 3. The summed E-state index contributed by atoms with van der Waals surface area (Å²) < 4.78 is 5.10. The fourth-order valence-corrected chi connectivity index (χ4v) is 3.09. The van der Waals surface area contributed by atoms with Gasteiger partial charge in [0.05, 0.1) is 18.7 Å². The van der Waals surface area contributed by atoms with E-state index in [1.807, 2.05) is 41.3 Å². The average molecular weight is 271 g/mol. The van der Waals surface area contributed by atoms with Crippen LogP contribution in [0.25, 0.3) is 0 Å². The Morgan fingerprint density at radius 3 is 2.63 bits per heavy atom. The largest absolute Gasteiger partial charge is 0.497 e. The van der Waals surface area contributed by atoms with Crippen molar-refractivity contribution in [1.82, 2.24) is 0 Å². The summed E-state index contributed by atoms with van der Waals surface area (Å²) >= 11 is 1.69. The Hall–Kier alpha value is -1.94. The summed E-state index contributed by atoms with van der Waals surface area (Å²) in [6.07, 6.45) is 0. The van der Waals surface area contributed by atoms with E-state index >= 15 is 0 Å². The molecule has 3 nitrogen and oxygen atoms in total. The molecular weight excluding hydrogens is 258 g/mol. The number of carbonyl (C=O) groups excluding carboxylic acids is 1. The fraction of sp³-hybridized carbons (Fsp3) is 0.133. The third kappa shape index (κ3) is 2.19. The quantitative estimate of drug-likeness (QED) is 0.838. The van der Waals surface area contributed by atoms with Crippen molar-refractivity contribution in [3.63, 3.8) is 0 Å². The molecule has 0 saturated heterocycles. The lowest BCUT2D eigenvalue weighted by Gasteiger charge is -2.16. The van der Waals surface area contributed by atoms with E-state index in [-0.39, 0.29) is 5.91 Å². The molecule has 0 N–H and O–H groups in total. The highest BCUT2D eigenvalue weighted by Gasteiger charge is 2.25. The lowest BCUT2D eigenvalue weighted by Crippen LogP contribution is -2.27. The number of methoxy groups -OCH3 is 1. The average Bonchev–Trinajstić information content (AvgIpc) is 2.90. The van der Waals surface area contributed by atoms with E-state index in [1.165, 1.54) is 0 Å². The minimum atomic E-state index is 0.0279. The van der Waals surface area contributed by atoms with Gasteiger partial charge in [0, 0.05) is 10.5 Å². The Morgan fingerprint density at radius 1 is 1.16 bits per heavy atom. The van der Waals surface area contributed by atoms with Gasteiger partial charge in [-0.25, -0.2) is 0 Å². The topological polar surface area (TPSA) is 29.5 Å². The van der Waals surface area contributed by atoms with Crippen molar-refractivity contribution in [3.05, 3.63) is 54.1 Å². The molecule has 2 aromatic carbocycles. The van der Waals surface area contributed by atoms with Crippen LogP contribution in [0.3, 0.4) is 0 Å². The highest BCUT2D eigenvalue weighted by molar-refractivity contribution is 8.00. The van der Waals surface area contributed by atoms with Crippen molar-refractivity contribution >= 4 is 23.4 Å². The highest BCUT2D eigenvalue weighted by atomic mass is 32.2. The van der Waals surface area contributed by atoms with Crippen LogP contribution in [0, 0.1) is 0 Å². The number of anilines is 1. The summed E-state index contributed by atoms with van der Waals surface area (Å²) in [5.41, 5.74) is 1.67. The zero-order chi connectivity index (χ0) is 13.2. The van der Waals surface area contributed by atoms with Crippen LogP contribution in [0.15, 0.2) is 53.4 Å². The molecule has 0 atom stereocenters. The second-order valence-electron chi connectivity index (χ2n) is 4.20. The smallest absolute Gasteiger partial charge is 0.259 e. The molecule has 1 aliphatic rings. The standard InChI is InChI=1S/C15H13NO2S/c1-18-12-8-6-11(7-9-12)15(17)16-10-19-14-5-3-2-4-13(14)16/h2-9H,10H2,1H3. The summed E-state index contributed by atoms with van der Waals surface area (Å²) in [5.74, 6) is 1.46. The Balaban J connectivity index is 1.89. The van der Waals surface area contributed by atoms with Crippen molar-refractivity contribution in [2.45, 2.75) is 4.90 Å². The number of para-hydroxylation sites is 1. The number of nitrogens with zero attached hydrogens (tertiary/aromatic N) is 1. The van der Waals surface area contributed by atoms with Crippen LogP contribution in [0.2, 0.25) is 0 Å². The molecule has 0 aromatic heterocycles. The molecule has 19 heavy (non-hydrogen) atoms. The van der Waals surface area contributed by atoms with Gasteiger partial charge in [0.1, 0.15) is 5.75 Å². The molecule has 4 heteroatoms. The third-order valence-electron chi connectivity index (χ3n) is 3.09. The first kappa shape index (κ1) is 12.1. The maximum absolute atomic E-state index is 12.5. The van der Waals surface area contributed by atoms with Gasteiger partial charge in [-0.15, -0.1) is 11.8 Å². The van der Waals surface area contributed by atoms with Crippen LogP contribution in [0.5, 0.6) is 5.75 Å². The molecule has 0 unspecified atom stereocenters. The normalized spacial score (nSPS) is 13.2. The Labute approximate surface area is 116 Å². The van der Waals surface area contributed by atoms with Gasteiger partial charge < -0.3 is 4.74 Å². The summed E-state index contributed by atoms with van der Waals surface area (Å²) in [6.45, 7) is 0. The summed E-state index contributed by atoms with van der Waals surface area (Å²) in [6, 6.07) is 15.2. The lowest BCUT2D eigenvalue weighted by atomic mass is 10.2. The predicted molar refractivity (Wildman–Crippen MR) is 77.0 cm³/mol. The molecular formula is C15H13NO2S. The van der Waals surface area contributed by atoms with E-state index in [9.17, 15) is 4.79 Å². The minimum absolute atomic E-state index is 0.0279. The van der Waals surface area contributed by atoms with Gasteiger partial charge in [-0.2, -0.15) is 0 Å². The van der Waals surface area contributed by atoms with Crippen LogP contribution in [-0.4, -0.2) is 18.9 Å². The molecule has 1 amide bonds. The molecule has 0 aliphatic carbocycles. The van der Waals surface area contributed by atoms with Crippen LogP contribution < -0.4 is 9.64 Å². The molecule has 1 aliphatic heterocycles. The summed E-state index contributed by atoms with van der Waals surface area (Å²) in [5, 5.41) is 0. The highest BCUT2D eigenvalue weighted by Crippen LogP contribution is 2.38. The molecule has 0 bridgehead atoms. The van der Waals surface area contributed by atoms with Gasteiger partial charge in [0.2, 0.25) is 0 Å². The number of rotatable bonds is 2. The van der Waals surface area contributed by atoms with Crippen molar-refractivity contribution < 1.29 is 9.53 Å². The summed E-state index contributed by atoms with van der Waals surface area (Å²) in [7, 11) is 1.62. The van der Waals surface area contributed by atoms with E-state index < -0.39 is 0 Å². The number of amides is 1. The van der Waals surface area contributed by atoms with E-state index in [0.29, 0.717) is 11.4 Å². The second kappa shape index (κ2) is 4.97. The lowest BCUT2D eigenvalue weighted by molar-refractivity contribution is 0.0992. The molecule has 0 fully saturated rings. The Bertz CT molecular complexity index is 610. The first-order valence-electron chi connectivity index (χ1n) is 5.97. The molecule has 3 rings (SSSR count). The predicted octanol–water partition coefficient (Wildman–Crippen LogP) is 3.41. The van der Waals surface area contributed by atoms with E-state index in [0.717, 1.165) is 16.3 Å². The second-order valence-corrected chi connectivity index (χ2v) is 5.19. The Kier molecular flexibility index (Phi) is 3.17. The number of fused-ring (bicyclic) bond motifs is 1. The number of ether oxygens (including phenoxy) is 1. The van der Waals surface area contributed by atoms with Gasteiger partial charge >= 0.3 is 0 Å². The molecule has 0 radical (unpaired) electrons. The maximum Gasteiger partial charge on any atom is 0.259 e. The van der Waals surface area contributed by atoms with Crippen molar-refractivity contribution in [2.75, 3.05) is 17.9 Å². The summed E-state index contributed by atoms with van der Waals surface area (Å²) in [4.78, 5) is 15.4. The third-order valence-corrected chi connectivity index (χ3v) is 4.13. The maximum atomic E-state index is 12.5. The zero-order valence-corrected chi connectivity index (χ0v) is 11.3. The zero-order valence-electron chi connectivity index (χ0n) is 10.5. The van der Waals surface area contributed by atoms with Gasteiger partial charge in [-0.3, -0.25) is 9.69 Å². The molecule has 0 spiro atoms. The first-order chi connectivity index (χ1) is 9.29. The van der Waals surface area contributed by atoms with Gasteiger partial charge in [-0.05, 0) is 36.4 Å². The number of hydrogen-bond donors (Lipinski definition) is 0. The van der Waals surface area contributed by atoms with Gasteiger partial charge in [-0.1, -0.05) is 12.1 Å². The monoisotopic (exact) mass is 271 g/mol. The molecule has 96 valence electrons. The van der Waals surface area contributed by atoms with Gasteiger partial charge in [0.25, 0.3) is 5.91 Å². The SMILES string of the molecule is COc1ccc(C(=O)N2CSc3ccccc32)cc1.